The first kappa shape index (κ1) is 23.6. The Hall–Kier alpha value is -1.67. The molecule has 0 saturated carbocycles. The molecule has 0 aliphatic rings. The van der Waals surface area contributed by atoms with E-state index < -0.39 is 0 Å². The van der Waals surface area contributed by atoms with E-state index in [9.17, 15) is 0 Å². The SMILES string of the molecule is CCCC(Nc1ccc(Cl)cc1)Oc1ccc(C(C)(C)CC)cc1C(C)(C)CC. The molecular formula is C26H38ClNO. The average Bonchev–Trinajstić information content (AvgIpc) is 2.70. The highest BCUT2D eigenvalue weighted by molar-refractivity contribution is 6.30. The van der Waals surface area contributed by atoms with Crippen LogP contribution in [0.15, 0.2) is 42.5 Å². The lowest BCUT2D eigenvalue weighted by Crippen LogP contribution is -2.28. The minimum atomic E-state index is -0.0855. The zero-order valence-electron chi connectivity index (χ0n) is 19.2. The van der Waals surface area contributed by atoms with Crippen LogP contribution in [0.25, 0.3) is 0 Å². The van der Waals surface area contributed by atoms with Crippen LogP contribution in [0, 0.1) is 0 Å². The van der Waals surface area contributed by atoms with Crippen molar-refractivity contribution in [3.63, 3.8) is 0 Å². The molecule has 2 rings (SSSR count). The Morgan fingerprint density at radius 3 is 2.07 bits per heavy atom. The normalized spacial score (nSPS) is 13.2. The zero-order valence-corrected chi connectivity index (χ0v) is 20.0. The van der Waals surface area contributed by atoms with Crippen molar-refractivity contribution in [1.82, 2.24) is 0 Å². The second kappa shape index (κ2) is 9.89. The smallest absolute Gasteiger partial charge is 0.169 e. The van der Waals surface area contributed by atoms with E-state index >= 15 is 0 Å². The minimum Gasteiger partial charge on any atom is -0.470 e. The molecule has 160 valence electrons. The second-order valence-electron chi connectivity index (χ2n) is 9.23. The summed E-state index contributed by atoms with van der Waals surface area (Å²) in [6.07, 6.45) is 4.05. The number of halogens is 1. The van der Waals surface area contributed by atoms with E-state index in [1.807, 2.05) is 24.3 Å². The van der Waals surface area contributed by atoms with E-state index in [0.29, 0.717) is 0 Å². The molecule has 0 aromatic heterocycles. The Balaban J connectivity index is 2.37. The van der Waals surface area contributed by atoms with Crippen molar-refractivity contribution in [3.05, 3.63) is 58.6 Å². The highest BCUT2D eigenvalue weighted by Gasteiger charge is 2.27. The number of benzene rings is 2. The molecule has 1 N–H and O–H groups in total. The maximum atomic E-state index is 6.57. The van der Waals surface area contributed by atoms with Crippen LogP contribution in [-0.4, -0.2) is 6.23 Å². The average molecular weight is 416 g/mol. The van der Waals surface area contributed by atoms with E-state index in [1.165, 1.54) is 11.1 Å². The van der Waals surface area contributed by atoms with Gasteiger partial charge in [-0.1, -0.05) is 78.6 Å². The molecule has 29 heavy (non-hydrogen) atoms. The molecule has 0 radical (unpaired) electrons. The van der Waals surface area contributed by atoms with Gasteiger partial charge in [0.05, 0.1) is 0 Å². The molecule has 0 aliphatic carbocycles. The van der Waals surface area contributed by atoms with E-state index in [0.717, 1.165) is 42.1 Å². The lowest BCUT2D eigenvalue weighted by molar-refractivity contribution is 0.212. The standard InChI is InChI=1S/C26H38ClNO/c1-8-11-24(28-21-15-13-20(27)14-16-21)29-23-17-12-19(25(4,5)9-2)18-22(23)26(6,7)10-3/h12-18,24,28H,8-11H2,1-7H3. The monoisotopic (exact) mass is 415 g/mol. The number of hydrogen-bond acceptors (Lipinski definition) is 2. The van der Waals surface area contributed by atoms with Crippen molar-refractivity contribution in [2.24, 2.45) is 0 Å². The first-order valence-corrected chi connectivity index (χ1v) is 11.3. The summed E-state index contributed by atoms with van der Waals surface area (Å²) in [6, 6.07) is 14.6. The van der Waals surface area contributed by atoms with Gasteiger partial charge >= 0.3 is 0 Å². The third kappa shape index (κ3) is 6.15. The van der Waals surface area contributed by atoms with Gasteiger partial charge in [0.15, 0.2) is 6.23 Å². The summed E-state index contributed by atoms with van der Waals surface area (Å²) >= 11 is 6.03. The molecule has 0 heterocycles. The van der Waals surface area contributed by atoms with E-state index in [1.54, 1.807) is 0 Å². The second-order valence-corrected chi connectivity index (χ2v) is 9.67. The number of anilines is 1. The molecular weight excluding hydrogens is 378 g/mol. The zero-order chi connectivity index (χ0) is 21.7. The molecule has 0 bridgehead atoms. The van der Waals surface area contributed by atoms with E-state index in [-0.39, 0.29) is 17.1 Å². The molecule has 2 aromatic carbocycles. The molecule has 2 aromatic rings. The Morgan fingerprint density at radius 1 is 0.897 bits per heavy atom. The molecule has 3 heteroatoms. The Kier molecular flexibility index (Phi) is 8.05. The van der Waals surface area contributed by atoms with Gasteiger partial charge in [-0.25, -0.2) is 0 Å². The summed E-state index contributed by atoms with van der Waals surface area (Å²) in [5.74, 6) is 0.979. The van der Waals surface area contributed by atoms with Crippen LogP contribution in [0.1, 0.15) is 85.3 Å². The van der Waals surface area contributed by atoms with Crippen molar-refractivity contribution >= 4 is 17.3 Å². The third-order valence-corrected chi connectivity index (χ3v) is 6.50. The minimum absolute atomic E-state index is 0.0478. The summed E-state index contributed by atoms with van der Waals surface area (Å²) in [4.78, 5) is 0. The fraction of sp³-hybridized carbons (Fsp3) is 0.538. The maximum absolute atomic E-state index is 6.57. The highest BCUT2D eigenvalue weighted by atomic mass is 35.5. The van der Waals surface area contributed by atoms with Gasteiger partial charge in [0.25, 0.3) is 0 Å². The third-order valence-electron chi connectivity index (χ3n) is 6.25. The summed E-state index contributed by atoms with van der Waals surface area (Å²) in [5, 5.41) is 4.27. The van der Waals surface area contributed by atoms with Gasteiger partial charge < -0.3 is 10.1 Å². The molecule has 0 saturated heterocycles. The number of ether oxygens (including phenoxy) is 1. The lowest BCUT2D eigenvalue weighted by Gasteiger charge is -2.32. The van der Waals surface area contributed by atoms with Crippen LogP contribution in [0.2, 0.25) is 5.02 Å². The molecule has 0 fully saturated rings. The largest absolute Gasteiger partial charge is 0.470 e. The first-order valence-electron chi connectivity index (χ1n) is 11.0. The summed E-state index contributed by atoms with van der Waals surface area (Å²) in [7, 11) is 0. The first-order chi connectivity index (χ1) is 13.6. The van der Waals surface area contributed by atoms with Crippen LogP contribution in [0.4, 0.5) is 5.69 Å². The van der Waals surface area contributed by atoms with Crippen molar-refractivity contribution < 1.29 is 4.74 Å². The Bertz CT molecular complexity index is 780. The van der Waals surface area contributed by atoms with Gasteiger partial charge in [-0.15, -0.1) is 0 Å². The molecule has 0 spiro atoms. The van der Waals surface area contributed by atoms with Gasteiger partial charge in [0, 0.05) is 22.7 Å². The fourth-order valence-electron chi connectivity index (χ4n) is 3.29. The predicted octanol–water partition coefficient (Wildman–Crippen LogP) is 8.33. The van der Waals surface area contributed by atoms with Gasteiger partial charge in [-0.2, -0.15) is 0 Å². The van der Waals surface area contributed by atoms with Crippen molar-refractivity contribution in [2.75, 3.05) is 5.32 Å². The summed E-state index contributed by atoms with van der Waals surface area (Å²) < 4.78 is 6.57. The lowest BCUT2D eigenvalue weighted by atomic mass is 9.76. The number of hydrogen-bond donors (Lipinski definition) is 1. The summed E-state index contributed by atoms with van der Waals surface area (Å²) in [6.45, 7) is 15.9. The Morgan fingerprint density at radius 2 is 1.52 bits per heavy atom. The number of rotatable bonds is 10. The van der Waals surface area contributed by atoms with E-state index in [4.69, 9.17) is 16.3 Å². The van der Waals surface area contributed by atoms with Crippen LogP contribution >= 0.6 is 11.6 Å². The van der Waals surface area contributed by atoms with Crippen LogP contribution in [0.3, 0.4) is 0 Å². The van der Waals surface area contributed by atoms with Crippen molar-refractivity contribution in [1.29, 1.82) is 0 Å². The summed E-state index contributed by atoms with van der Waals surface area (Å²) in [5.41, 5.74) is 3.89. The van der Waals surface area contributed by atoms with Crippen LogP contribution in [0.5, 0.6) is 5.75 Å². The topological polar surface area (TPSA) is 21.3 Å². The molecule has 2 nitrogen and oxygen atoms in total. The maximum Gasteiger partial charge on any atom is 0.169 e. The van der Waals surface area contributed by atoms with Gasteiger partial charge in [-0.3, -0.25) is 0 Å². The molecule has 1 atom stereocenters. The van der Waals surface area contributed by atoms with Crippen LogP contribution in [-0.2, 0) is 10.8 Å². The fourth-order valence-corrected chi connectivity index (χ4v) is 3.41. The van der Waals surface area contributed by atoms with E-state index in [2.05, 4.69) is 72.0 Å². The Labute approximate surface area is 183 Å². The van der Waals surface area contributed by atoms with Gasteiger partial charge in [-0.05, 0) is 59.6 Å². The quantitative estimate of drug-likeness (QED) is 0.393. The van der Waals surface area contributed by atoms with Crippen LogP contribution < -0.4 is 10.1 Å². The predicted molar refractivity (Wildman–Crippen MR) is 127 cm³/mol. The highest BCUT2D eigenvalue weighted by Crippen LogP contribution is 2.39. The molecule has 0 amide bonds. The van der Waals surface area contributed by atoms with Crippen molar-refractivity contribution in [3.8, 4) is 5.75 Å². The van der Waals surface area contributed by atoms with Crippen molar-refractivity contribution in [2.45, 2.75) is 91.2 Å². The van der Waals surface area contributed by atoms with Gasteiger partial charge in [0.1, 0.15) is 5.75 Å². The molecule has 1 unspecified atom stereocenters. The molecule has 0 aliphatic heterocycles. The van der Waals surface area contributed by atoms with Gasteiger partial charge in [0.2, 0.25) is 0 Å². The number of nitrogens with one attached hydrogen (secondary N) is 1.